The van der Waals surface area contributed by atoms with Crippen LogP contribution in [-0.4, -0.2) is 39.8 Å². The van der Waals surface area contributed by atoms with Crippen molar-refractivity contribution in [3.05, 3.63) is 47.1 Å². The quantitative estimate of drug-likeness (QED) is 0.189. The van der Waals surface area contributed by atoms with Gasteiger partial charge in [-0.3, -0.25) is 4.90 Å². The van der Waals surface area contributed by atoms with Crippen molar-refractivity contribution < 1.29 is 9.84 Å². The number of rotatable bonds is 9. The van der Waals surface area contributed by atoms with Crippen LogP contribution in [0.15, 0.2) is 35.9 Å². The molecule has 1 N–H and O–H groups in total. The van der Waals surface area contributed by atoms with Crippen LogP contribution in [0.4, 0.5) is 0 Å². The predicted octanol–water partition coefficient (Wildman–Crippen LogP) is 6.85. The topological polar surface area (TPSA) is 32.5 Å². The summed E-state index contributed by atoms with van der Waals surface area (Å²) in [6, 6.07) is 4.63. The summed E-state index contributed by atoms with van der Waals surface area (Å²) in [6.07, 6.45) is 8.82. The van der Waals surface area contributed by atoms with Crippen molar-refractivity contribution in [1.29, 1.82) is 0 Å². The Hall–Kier alpha value is -1.30. The largest absolute Gasteiger partial charge is 0.507 e. The van der Waals surface area contributed by atoms with Crippen molar-refractivity contribution in [3.63, 3.8) is 0 Å². The molecule has 0 spiro atoms. The number of aryl methyl sites for hydroxylation is 1. The normalized spacial score (nSPS) is 25.1. The van der Waals surface area contributed by atoms with E-state index in [1.807, 2.05) is 6.07 Å². The number of aromatic hydroxyl groups is 1. The van der Waals surface area contributed by atoms with E-state index < -0.39 is 0 Å². The number of hydrogen-bond donors (Lipinski definition) is 1. The number of thiocarbonyl (C=S) groups is 1. The predicted molar refractivity (Wildman–Crippen MR) is 137 cm³/mol. The maximum absolute atomic E-state index is 11.1. The first-order valence-electron chi connectivity index (χ1n) is 11.5. The lowest BCUT2D eigenvalue weighted by molar-refractivity contribution is 0.424. The number of phenolic OH excluding ortho intramolecular Hbond substituents is 1. The van der Waals surface area contributed by atoms with Crippen molar-refractivity contribution in [3.8, 4) is 11.5 Å². The summed E-state index contributed by atoms with van der Waals surface area (Å²) in [7, 11) is 2.13. The molecule has 1 aromatic rings. The molecule has 0 radical (unpaired) electrons. The fourth-order valence-corrected chi connectivity index (χ4v) is 5.60. The Labute approximate surface area is 197 Å². The molecule has 5 heteroatoms. The molecule has 1 aliphatic carbocycles. The van der Waals surface area contributed by atoms with Crippen molar-refractivity contribution >= 4 is 28.4 Å². The van der Waals surface area contributed by atoms with Gasteiger partial charge in [-0.2, -0.15) is 0 Å². The van der Waals surface area contributed by atoms with Gasteiger partial charge < -0.3 is 9.84 Å². The highest BCUT2D eigenvalue weighted by Gasteiger charge is 2.32. The van der Waals surface area contributed by atoms with Crippen LogP contribution in [0, 0.1) is 5.92 Å². The van der Waals surface area contributed by atoms with E-state index in [1.165, 1.54) is 18.4 Å². The standard InChI is InChI=1S/C26H37NO2S2/c1-6-7-8-9-19-13-23(28)25(22-12-18(4)10-11-21(22)17(2)3)24(14-19)29-26(30)31-16-20-15-27(20)5/h12-14,20-22,28H,2,6-11,15-16H2,1,3-5H3/t20?,21-,22+,27?/m0/s1. The third-order valence-corrected chi connectivity index (χ3v) is 7.85. The Morgan fingerprint density at radius 1 is 1.35 bits per heavy atom. The molecule has 2 aliphatic rings. The molecule has 3 rings (SSSR count). The van der Waals surface area contributed by atoms with E-state index in [1.54, 1.807) is 11.8 Å². The van der Waals surface area contributed by atoms with Gasteiger partial charge in [0, 0.05) is 29.8 Å². The van der Waals surface area contributed by atoms with Crippen LogP contribution in [-0.2, 0) is 6.42 Å². The number of unbranched alkanes of at least 4 members (excludes halogenated alkanes) is 2. The van der Waals surface area contributed by atoms with E-state index >= 15 is 0 Å². The molecule has 0 saturated carbocycles. The van der Waals surface area contributed by atoms with Crippen LogP contribution in [0.5, 0.6) is 11.5 Å². The second-order valence-electron chi connectivity index (χ2n) is 9.27. The van der Waals surface area contributed by atoms with E-state index in [2.05, 4.69) is 51.4 Å². The summed E-state index contributed by atoms with van der Waals surface area (Å²) in [5, 5.41) is 11.1. The summed E-state index contributed by atoms with van der Waals surface area (Å²) in [4.78, 5) is 2.30. The molecular weight excluding hydrogens is 422 g/mol. The average molecular weight is 460 g/mol. The highest BCUT2D eigenvalue weighted by molar-refractivity contribution is 8.22. The molecule has 1 aliphatic heterocycles. The summed E-state index contributed by atoms with van der Waals surface area (Å²) >= 11 is 7.18. The van der Waals surface area contributed by atoms with E-state index in [0.717, 1.165) is 60.4 Å². The average Bonchev–Trinajstić information content (AvgIpc) is 3.41. The van der Waals surface area contributed by atoms with Crippen LogP contribution in [0.3, 0.4) is 0 Å². The Bertz CT molecular complexity index is 848. The van der Waals surface area contributed by atoms with Crippen molar-refractivity contribution in [2.45, 2.75) is 71.3 Å². The van der Waals surface area contributed by atoms with Gasteiger partial charge in [-0.15, -0.1) is 0 Å². The number of nitrogens with zero attached hydrogens (tertiary/aromatic N) is 1. The summed E-state index contributed by atoms with van der Waals surface area (Å²) in [5.74, 6) is 2.35. The fraction of sp³-hybridized carbons (Fsp3) is 0.577. The first-order chi connectivity index (χ1) is 14.8. The first kappa shape index (κ1) is 24.3. The van der Waals surface area contributed by atoms with E-state index in [9.17, 15) is 5.11 Å². The molecular formula is C26H37NO2S2. The van der Waals surface area contributed by atoms with Crippen molar-refractivity contribution in [2.24, 2.45) is 5.92 Å². The molecule has 170 valence electrons. The van der Waals surface area contributed by atoms with Gasteiger partial charge in [0.25, 0.3) is 0 Å². The smallest absolute Gasteiger partial charge is 0.225 e. The Kier molecular flexibility index (Phi) is 8.65. The number of allylic oxidation sites excluding steroid dienone is 3. The number of hydrogen-bond acceptors (Lipinski definition) is 5. The number of likely N-dealkylation sites (N-methyl/N-ethyl adjacent to an activating group) is 1. The lowest BCUT2D eigenvalue weighted by atomic mass is 9.73. The van der Waals surface area contributed by atoms with Gasteiger partial charge in [0.2, 0.25) is 4.38 Å². The second-order valence-corrected chi connectivity index (χ2v) is 10.9. The highest BCUT2D eigenvalue weighted by atomic mass is 32.2. The van der Waals surface area contributed by atoms with Gasteiger partial charge in [0.05, 0.1) is 0 Å². The minimum atomic E-state index is 0.0632. The summed E-state index contributed by atoms with van der Waals surface area (Å²) in [5.41, 5.74) is 4.48. The molecule has 0 aromatic heterocycles. The van der Waals surface area contributed by atoms with Gasteiger partial charge in [-0.25, -0.2) is 0 Å². The molecule has 31 heavy (non-hydrogen) atoms. The van der Waals surface area contributed by atoms with Crippen LogP contribution in [0.2, 0.25) is 0 Å². The molecule has 1 fully saturated rings. The SMILES string of the molecule is C=C(C)[C@@H]1CCC(C)=C[C@H]1c1c(O)cc(CCCCC)cc1OC(=S)SCC1CN1C. The zero-order valence-electron chi connectivity index (χ0n) is 19.4. The first-order valence-corrected chi connectivity index (χ1v) is 12.9. The van der Waals surface area contributed by atoms with Crippen LogP contribution >= 0.6 is 24.0 Å². The van der Waals surface area contributed by atoms with Gasteiger partial charge >= 0.3 is 0 Å². The fourth-order valence-electron chi connectivity index (χ4n) is 4.47. The maximum atomic E-state index is 11.1. The summed E-state index contributed by atoms with van der Waals surface area (Å²) in [6.45, 7) is 11.8. The second kappa shape index (κ2) is 11.0. The third-order valence-electron chi connectivity index (χ3n) is 6.54. The Morgan fingerprint density at radius 3 is 2.74 bits per heavy atom. The Morgan fingerprint density at radius 2 is 2.10 bits per heavy atom. The molecule has 0 bridgehead atoms. The molecule has 1 saturated heterocycles. The minimum Gasteiger partial charge on any atom is -0.507 e. The van der Waals surface area contributed by atoms with Gasteiger partial charge in [-0.05, 0) is 82.4 Å². The monoisotopic (exact) mass is 459 g/mol. The number of phenols is 1. The highest BCUT2D eigenvalue weighted by Crippen LogP contribution is 2.47. The minimum absolute atomic E-state index is 0.0632. The number of ether oxygens (including phenoxy) is 1. The molecule has 1 heterocycles. The van der Waals surface area contributed by atoms with E-state index in [4.69, 9.17) is 17.0 Å². The molecule has 4 atom stereocenters. The zero-order valence-corrected chi connectivity index (χ0v) is 21.1. The van der Waals surface area contributed by atoms with E-state index in [0.29, 0.717) is 22.1 Å². The van der Waals surface area contributed by atoms with E-state index in [-0.39, 0.29) is 5.92 Å². The molecule has 3 nitrogen and oxygen atoms in total. The zero-order chi connectivity index (χ0) is 22.5. The maximum Gasteiger partial charge on any atom is 0.225 e. The lowest BCUT2D eigenvalue weighted by Crippen LogP contribution is -2.18. The van der Waals surface area contributed by atoms with Crippen LogP contribution in [0.1, 0.15) is 69.9 Å². The molecule has 2 unspecified atom stereocenters. The number of thioether (sulfide) groups is 1. The lowest BCUT2D eigenvalue weighted by Gasteiger charge is -2.32. The van der Waals surface area contributed by atoms with Crippen molar-refractivity contribution in [1.82, 2.24) is 4.90 Å². The Balaban J connectivity index is 1.90. The van der Waals surface area contributed by atoms with Crippen LogP contribution in [0.25, 0.3) is 0 Å². The number of benzene rings is 1. The van der Waals surface area contributed by atoms with Crippen LogP contribution < -0.4 is 4.74 Å². The molecule has 1 aromatic carbocycles. The van der Waals surface area contributed by atoms with Gasteiger partial charge in [0.15, 0.2) is 0 Å². The third kappa shape index (κ3) is 6.59. The molecule has 0 amide bonds. The van der Waals surface area contributed by atoms with Gasteiger partial charge in [-0.1, -0.05) is 55.3 Å². The van der Waals surface area contributed by atoms with Crippen molar-refractivity contribution in [2.75, 3.05) is 19.3 Å². The van der Waals surface area contributed by atoms with Gasteiger partial charge in [0.1, 0.15) is 11.5 Å². The summed E-state index contributed by atoms with van der Waals surface area (Å²) < 4.78 is 6.80.